The van der Waals surface area contributed by atoms with Gasteiger partial charge in [0.25, 0.3) is 15.7 Å². The van der Waals surface area contributed by atoms with Crippen LogP contribution >= 0.6 is 0 Å². The third-order valence-electron chi connectivity index (χ3n) is 3.17. The van der Waals surface area contributed by atoms with Gasteiger partial charge in [0.15, 0.2) is 0 Å². The van der Waals surface area contributed by atoms with Gasteiger partial charge >= 0.3 is 0 Å². The SMILES string of the molecule is Cc1cc(F)ccc1S(=O)(=O)Nc1cccc([N+](=O)[O-])c1C. The quantitative estimate of drug-likeness (QED) is 0.691. The van der Waals surface area contributed by atoms with E-state index in [0.29, 0.717) is 0 Å². The van der Waals surface area contributed by atoms with Crippen molar-refractivity contribution in [1.29, 1.82) is 0 Å². The highest BCUT2D eigenvalue weighted by Crippen LogP contribution is 2.27. The van der Waals surface area contributed by atoms with Gasteiger partial charge < -0.3 is 0 Å². The Bertz CT molecular complexity index is 850. The summed E-state index contributed by atoms with van der Waals surface area (Å²) < 4.78 is 40.1. The molecule has 0 aromatic heterocycles. The van der Waals surface area contributed by atoms with Crippen molar-refractivity contribution in [2.75, 3.05) is 4.72 Å². The van der Waals surface area contributed by atoms with Crippen LogP contribution in [0.3, 0.4) is 0 Å². The zero-order chi connectivity index (χ0) is 16.5. The number of anilines is 1. The molecule has 2 rings (SSSR count). The topological polar surface area (TPSA) is 89.3 Å². The minimum atomic E-state index is -3.96. The van der Waals surface area contributed by atoms with Crippen molar-refractivity contribution in [3.63, 3.8) is 0 Å². The van der Waals surface area contributed by atoms with Crippen molar-refractivity contribution in [3.8, 4) is 0 Å². The van der Waals surface area contributed by atoms with Crippen LogP contribution in [0, 0.1) is 29.8 Å². The maximum Gasteiger partial charge on any atom is 0.274 e. The monoisotopic (exact) mass is 324 g/mol. The van der Waals surface area contributed by atoms with E-state index in [0.717, 1.165) is 18.2 Å². The number of nitro groups is 1. The molecule has 2 aromatic rings. The average molecular weight is 324 g/mol. The third kappa shape index (κ3) is 3.06. The maximum absolute atomic E-state index is 13.1. The van der Waals surface area contributed by atoms with E-state index in [1.807, 2.05) is 0 Å². The van der Waals surface area contributed by atoms with Crippen molar-refractivity contribution in [1.82, 2.24) is 0 Å². The fraction of sp³-hybridized carbons (Fsp3) is 0.143. The number of benzene rings is 2. The molecule has 2 aromatic carbocycles. The maximum atomic E-state index is 13.1. The molecule has 0 atom stereocenters. The summed E-state index contributed by atoms with van der Waals surface area (Å²) >= 11 is 0. The fourth-order valence-corrected chi connectivity index (χ4v) is 3.40. The normalized spacial score (nSPS) is 11.2. The summed E-state index contributed by atoms with van der Waals surface area (Å²) in [5.74, 6) is -0.539. The zero-order valence-electron chi connectivity index (χ0n) is 11.8. The number of rotatable bonds is 4. The molecule has 1 N–H and O–H groups in total. The standard InChI is InChI=1S/C14H13FN2O4S/c1-9-8-11(15)6-7-14(9)22(20,21)16-12-4-3-5-13(10(12)2)17(18)19/h3-8,16H,1-2H3. The number of nitrogens with zero attached hydrogens (tertiary/aromatic N) is 1. The second kappa shape index (κ2) is 5.72. The number of nitro benzene ring substituents is 1. The minimum Gasteiger partial charge on any atom is -0.279 e. The van der Waals surface area contributed by atoms with Gasteiger partial charge in [-0.25, -0.2) is 12.8 Å². The van der Waals surface area contributed by atoms with Gasteiger partial charge in [-0.3, -0.25) is 14.8 Å². The largest absolute Gasteiger partial charge is 0.279 e. The lowest BCUT2D eigenvalue weighted by Gasteiger charge is -2.12. The molecule has 0 unspecified atom stereocenters. The lowest BCUT2D eigenvalue weighted by molar-refractivity contribution is -0.385. The fourth-order valence-electron chi connectivity index (χ4n) is 2.05. The van der Waals surface area contributed by atoms with Gasteiger partial charge in [0.05, 0.1) is 21.1 Å². The predicted molar refractivity (Wildman–Crippen MR) is 79.8 cm³/mol. The first-order valence-electron chi connectivity index (χ1n) is 6.25. The molecule has 0 aliphatic heterocycles. The Balaban J connectivity index is 2.46. The van der Waals surface area contributed by atoms with Crippen LogP contribution in [0.1, 0.15) is 11.1 Å². The van der Waals surface area contributed by atoms with E-state index in [4.69, 9.17) is 0 Å². The zero-order valence-corrected chi connectivity index (χ0v) is 12.6. The van der Waals surface area contributed by atoms with Crippen LogP contribution in [0.25, 0.3) is 0 Å². The molecular formula is C14H13FN2O4S. The summed E-state index contributed by atoms with van der Waals surface area (Å²) in [4.78, 5) is 10.2. The Morgan fingerprint density at radius 1 is 1.18 bits per heavy atom. The van der Waals surface area contributed by atoms with Gasteiger partial charge in [0, 0.05) is 6.07 Å². The van der Waals surface area contributed by atoms with Gasteiger partial charge in [-0.2, -0.15) is 0 Å². The van der Waals surface area contributed by atoms with Crippen LogP contribution in [-0.4, -0.2) is 13.3 Å². The second-order valence-electron chi connectivity index (χ2n) is 4.72. The summed E-state index contributed by atoms with van der Waals surface area (Å²) in [6.45, 7) is 2.92. The molecule has 0 bridgehead atoms. The molecular weight excluding hydrogens is 311 g/mol. The molecule has 0 heterocycles. The molecule has 0 aliphatic rings. The van der Waals surface area contributed by atoms with Gasteiger partial charge in [-0.15, -0.1) is 0 Å². The summed E-state index contributed by atoms with van der Waals surface area (Å²) in [5, 5.41) is 10.9. The van der Waals surface area contributed by atoms with Crippen LogP contribution in [-0.2, 0) is 10.0 Å². The molecule has 8 heteroatoms. The van der Waals surface area contributed by atoms with Crippen LogP contribution in [0.15, 0.2) is 41.3 Å². The Kier molecular flexibility index (Phi) is 4.14. The predicted octanol–water partition coefficient (Wildman–Crippen LogP) is 3.15. The molecule has 6 nitrogen and oxygen atoms in total. The minimum absolute atomic E-state index is 0.0835. The van der Waals surface area contributed by atoms with Gasteiger partial charge in [-0.1, -0.05) is 6.07 Å². The number of nitrogens with one attached hydrogen (secondary N) is 1. The van der Waals surface area contributed by atoms with E-state index in [9.17, 15) is 22.9 Å². The first-order chi connectivity index (χ1) is 10.2. The van der Waals surface area contributed by atoms with Crippen LogP contribution < -0.4 is 4.72 Å². The second-order valence-corrected chi connectivity index (χ2v) is 6.37. The Morgan fingerprint density at radius 3 is 2.45 bits per heavy atom. The van der Waals surface area contributed by atoms with Crippen molar-refractivity contribution in [2.45, 2.75) is 18.7 Å². The molecule has 22 heavy (non-hydrogen) atoms. The molecule has 0 saturated heterocycles. The Morgan fingerprint density at radius 2 is 1.86 bits per heavy atom. The van der Waals surface area contributed by atoms with Crippen LogP contribution in [0.4, 0.5) is 15.8 Å². The smallest absolute Gasteiger partial charge is 0.274 e. The lowest BCUT2D eigenvalue weighted by Crippen LogP contribution is -2.15. The molecule has 0 fully saturated rings. The van der Waals surface area contributed by atoms with Crippen LogP contribution in [0.5, 0.6) is 0 Å². The highest BCUT2D eigenvalue weighted by atomic mass is 32.2. The first-order valence-corrected chi connectivity index (χ1v) is 7.73. The molecule has 0 amide bonds. The molecule has 0 aliphatic carbocycles. The third-order valence-corrected chi connectivity index (χ3v) is 4.70. The summed E-state index contributed by atoms with van der Waals surface area (Å²) in [6.07, 6.45) is 0. The summed E-state index contributed by atoms with van der Waals surface area (Å²) in [7, 11) is -3.96. The van der Waals surface area contributed by atoms with Gasteiger partial charge in [-0.05, 0) is 43.7 Å². The number of sulfonamides is 1. The number of halogens is 1. The van der Waals surface area contributed by atoms with Crippen molar-refractivity contribution < 1.29 is 17.7 Å². The summed E-state index contributed by atoms with van der Waals surface area (Å²) in [5.41, 5.74) is 0.375. The van der Waals surface area contributed by atoms with Crippen molar-refractivity contribution in [3.05, 3.63) is 63.5 Å². The van der Waals surface area contributed by atoms with Gasteiger partial charge in [0.2, 0.25) is 0 Å². The Hall–Kier alpha value is -2.48. The van der Waals surface area contributed by atoms with Crippen LogP contribution in [0.2, 0.25) is 0 Å². The van der Waals surface area contributed by atoms with E-state index in [2.05, 4.69) is 4.72 Å². The Labute approximate surface area is 126 Å². The highest BCUT2D eigenvalue weighted by molar-refractivity contribution is 7.92. The van der Waals surface area contributed by atoms with E-state index in [-0.39, 0.29) is 27.4 Å². The molecule has 0 saturated carbocycles. The summed E-state index contributed by atoms with van der Waals surface area (Å²) in [6, 6.07) is 7.41. The van der Waals surface area contributed by atoms with Crippen molar-refractivity contribution >= 4 is 21.4 Å². The van der Waals surface area contributed by atoms with Crippen molar-refractivity contribution in [2.24, 2.45) is 0 Å². The number of hydrogen-bond donors (Lipinski definition) is 1. The first kappa shape index (κ1) is 15.9. The van der Waals surface area contributed by atoms with E-state index < -0.39 is 20.8 Å². The lowest BCUT2D eigenvalue weighted by atomic mass is 10.2. The number of aryl methyl sites for hydroxylation is 1. The average Bonchev–Trinajstić information content (AvgIpc) is 2.40. The molecule has 0 radical (unpaired) electrons. The number of hydrogen-bond acceptors (Lipinski definition) is 4. The van der Waals surface area contributed by atoms with E-state index in [1.165, 1.54) is 32.0 Å². The molecule has 0 spiro atoms. The van der Waals surface area contributed by atoms with E-state index in [1.54, 1.807) is 0 Å². The molecule has 116 valence electrons. The highest BCUT2D eigenvalue weighted by Gasteiger charge is 2.21. The van der Waals surface area contributed by atoms with Gasteiger partial charge in [0.1, 0.15) is 5.82 Å². The van der Waals surface area contributed by atoms with E-state index >= 15 is 0 Å².